The molecule has 0 aliphatic rings. The number of aromatic nitrogens is 1. The van der Waals surface area contributed by atoms with Crippen molar-refractivity contribution in [3.63, 3.8) is 0 Å². The zero-order valence-corrected chi connectivity index (χ0v) is 36.3. The second kappa shape index (κ2) is 16.8. The van der Waals surface area contributed by atoms with E-state index in [4.69, 9.17) is 0 Å². The third-order valence-corrected chi connectivity index (χ3v) is 13.0. The molecule has 0 atom stereocenters. The lowest BCUT2D eigenvalue weighted by Crippen LogP contribution is -2.11. The number of hydrogen-bond donors (Lipinski definition) is 0. The Morgan fingerprint density at radius 1 is 0.258 bits per heavy atom. The summed E-state index contributed by atoms with van der Waals surface area (Å²) in [5.41, 5.74) is 18.7. The van der Waals surface area contributed by atoms with Crippen LogP contribution < -0.4 is 4.90 Å². The number of rotatable bonds is 9. The van der Waals surface area contributed by atoms with Crippen molar-refractivity contribution in [2.75, 3.05) is 4.90 Å². The highest BCUT2D eigenvalue weighted by atomic mass is 15.1. The van der Waals surface area contributed by atoms with Crippen LogP contribution in [0.5, 0.6) is 0 Å². The molecule has 2 heteroatoms. The third kappa shape index (κ3) is 7.21. The minimum atomic E-state index is 1.08. The molecule has 1 heterocycles. The molecule has 0 spiro atoms. The molecular weight excluding hydrogens is 797 g/mol. The highest BCUT2D eigenvalue weighted by Crippen LogP contribution is 2.43. The second-order valence-electron chi connectivity index (χ2n) is 17.0. The minimum absolute atomic E-state index is 1.08. The van der Waals surface area contributed by atoms with E-state index in [1.807, 2.05) is 0 Å². The minimum Gasteiger partial charge on any atom is -0.310 e. The standard InChI is InChI=1S/C64H44N2/c1-3-14-45(15-4-1)47-26-29-50(30-27-47)59-22-9-11-24-62(59)65(57-37-32-48(33-38-57)52-18-13-19-53(42-52)54-31-28-46-16-7-8-17-51(46)43-54)58-39-34-49(35-40-58)55-36-41-64-61(44-55)60-23-10-12-25-63(60)66(64)56-20-5-2-6-21-56/h1-44H. The smallest absolute Gasteiger partial charge is 0.0541 e. The maximum absolute atomic E-state index is 2.40. The molecule has 0 fully saturated rings. The number of nitrogens with zero attached hydrogens (tertiary/aromatic N) is 2. The van der Waals surface area contributed by atoms with Crippen LogP contribution in [0.15, 0.2) is 267 Å². The fraction of sp³-hybridized carbons (Fsp3) is 0. The number of hydrogen-bond acceptors (Lipinski definition) is 1. The predicted octanol–water partition coefficient (Wildman–Crippen LogP) is 17.7. The summed E-state index contributed by atoms with van der Waals surface area (Å²) in [6.07, 6.45) is 0. The van der Waals surface area contributed by atoms with E-state index in [1.165, 1.54) is 77.1 Å². The molecular formula is C64H44N2. The maximum atomic E-state index is 2.40. The van der Waals surface area contributed by atoms with Crippen molar-refractivity contribution in [1.82, 2.24) is 4.57 Å². The molecule has 0 unspecified atom stereocenters. The van der Waals surface area contributed by atoms with Gasteiger partial charge in [0.1, 0.15) is 0 Å². The normalized spacial score (nSPS) is 11.3. The Bertz CT molecular complexity index is 3660. The molecule has 66 heavy (non-hydrogen) atoms. The molecule has 0 saturated heterocycles. The molecule has 0 radical (unpaired) electrons. The van der Waals surface area contributed by atoms with Crippen LogP contribution in [0.1, 0.15) is 0 Å². The summed E-state index contributed by atoms with van der Waals surface area (Å²) in [5.74, 6) is 0. The van der Waals surface area contributed by atoms with E-state index in [0.29, 0.717) is 0 Å². The van der Waals surface area contributed by atoms with Gasteiger partial charge in [-0.2, -0.15) is 0 Å². The molecule has 2 nitrogen and oxygen atoms in total. The van der Waals surface area contributed by atoms with Gasteiger partial charge in [0, 0.05) is 33.4 Å². The first-order valence-electron chi connectivity index (χ1n) is 22.7. The van der Waals surface area contributed by atoms with Gasteiger partial charge in [-0.15, -0.1) is 0 Å². The quantitative estimate of drug-likeness (QED) is 0.141. The van der Waals surface area contributed by atoms with E-state index in [9.17, 15) is 0 Å². The molecule has 0 amide bonds. The summed E-state index contributed by atoms with van der Waals surface area (Å²) < 4.78 is 2.37. The van der Waals surface area contributed by atoms with E-state index in [2.05, 4.69) is 276 Å². The lowest BCUT2D eigenvalue weighted by molar-refractivity contribution is 1.18. The molecule has 0 bridgehead atoms. The molecule has 0 saturated carbocycles. The van der Waals surface area contributed by atoms with E-state index in [0.717, 1.165) is 33.9 Å². The Hall–Kier alpha value is -8.72. The number of benzene rings is 11. The average molecular weight is 841 g/mol. The van der Waals surface area contributed by atoms with Crippen LogP contribution >= 0.6 is 0 Å². The first-order chi connectivity index (χ1) is 32.7. The summed E-state index contributed by atoms with van der Waals surface area (Å²) in [7, 11) is 0. The lowest BCUT2D eigenvalue weighted by atomic mass is 9.96. The maximum Gasteiger partial charge on any atom is 0.0541 e. The zero-order valence-electron chi connectivity index (χ0n) is 36.3. The van der Waals surface area contributed by atoms with Gasteiger partial charge in [-0.1, -0.05) is 194 Å². The summed E-state index contributed by atoms with van der Waals surface area (Å²) in [6.45, 7) is 0. The Labute approximate surface area is 385 Å². The Kier molecular flexibility index (Phi) is 9.89. The molecule has 0 aliphatic heterocycles. The van der Waals surface area contributed by atoms with E-state index < -0.39 is 0 Å². The van der Waals surface area contributed by atoms with E-state index in [-0.39, 0.29) is 0 Å². The van der Waals surface area contributed by atoms with Gasteiger partial charge in [0.2, 0.25) is 0 Å². The van der Waals surface area contributed by atoms with Crippen molar-refractivity contribution in [2.24, 2.45) is 0 Å². The second-order valence-corrected chi connectivity index (χ2v) is 17.0. The number of fused-ring (bicyclic) bond motifs is 4. The van der Waals surface area contributed by atoms with Crippen LogP contribution in [0.25, 0.3) is 93.9 Å². The number of anilines is 3. The topological polar surface area (TPSA) is 8.17 Å². The van der Waals surface area contributed by atoms with Gasteiger partial charge >= 0.3 is 0 Å². The van der Waals surface area contributed by atoms with Crippen LogP contribution in [-0.2, 0) is 0 Å². The van der Waals surface area contributed by atoms with Crippen molar-refractivity contribution in [3.05, 3.63) is 267 Å². The summed E-state index contributed by atoms with van der Waals surface area (Å²) >= 11 is 0. The van der Waals surface area contributed by atoms with Gasteiger partial charge in [-0.25, -0.2) is 0 Å². The van der Waals surface area contributed by atoms with Crippen LogP contribution in [0.2, 0.25) is 0 Å². The van der Waals surface area contributed by atoms with Crippen LogP contribution in [-0.4, -0.2) is 4.57 Å². The van der Waals surface area contributed by atoms with Gasteiger partial charge in [0.15, 0.2) is 0 Å². The van der Waals surface area contributed by atoms with Gasteiger partial charge in [-0.05, 0) is 134 Å². The van der Waals surface area contributed by atoms with Gasteiger partial charge in [0.05, 0.1) is 16.7 Å². The Morgan fingerprint density at radius 3 is 1.47 bits per heavy atom. The van der Waals surface area contributed by atoms with Crippen molar-refractivity contribution < 1.29 is 0 Å². The van der Waals surface area contributed by atoms with Crippen molar-refractivity contribution in [2.45, 2.75) is 0 Å². The highest BCUT2D eigenvalue weighted by molar-refractivity contribution is 6.10. The van der Waals surface area contributed by atoms with Crippen molar-refractivity contribution >= 4 is 49.6 Å². The lowest BCUT2D eigenvalue weighted by Gasteiger charge is -2.28. The zero-order chi connectivity index (χ0) is 43.8. The predicted molar refractivity (Wildman–Crippen MR) is 280 cm³/mol. The van der Waals surface area contributed by atoms with Crippen molar-refractivity contribution in [3.8, 4) is 61.3 Å². The fourth-order valence-electron chi connectivity index (χ4n) is 9.67. The van der Waals surface area contributed by atoms with E-state index in [1.54, 1.807) is 0 Å². The average Bonchev–Trinajstić information content (AvgIpc) is 3.73. The number of para-hydroxylation sites is 3. The SMILES string of the molecule is c1ccc(-c2ccc(-c3ccccc3N(c3ccc(-c4cccc(-c5ccc6ccccc6c5)c4)cc3)c3ccc(-c4ccc5c(c4)c4ccccc4n5-c4ccccc4)cc3)cc2)cc1. The Morgan fingerprint density at radius 2 is 0.727 bits per heavy atom. The molecule has 0 aliphatic carbocycles. The summed E-state index contributed by atoms with van der Waals surface area (Å²) in [6, 6.07) is 96.9. The molecule has 310 valence electrons. The molecule has 12 rings (SSSR count). The monoisotopic (exact) mass is 840 g/mol. The highest BCUT2D eigenvalue weighted by Gasteiger charge is 2.19. The Balaban J connectivity index is 0.931. The molecule has 11 aromatic carbocycles. The molecule has 0 N–H and O–H groups in total. The first kappa shape index (κ1) is 38.9. The van der Waals surface area contributed by atoms with E-state index >= 15 is 0 Å². The van der Waals surface area contributed by atoms with Crippen molar-refractivity contribution in [1.29, 1.82) is 0 Å². The van der Waals surface area contributed by atoms with Gasteiger partial charge in [-0.3, -0.25) is 0 Å². The van der Waals surface area contributed by atoms with Gasteiger partial charge < -0.3 is 9.47 Å². The fourth-order valence-corrected chi connectivity index (χ4v) is 9.67. The van der Waals surface area contributed by atoms with Crippen LogP contribution in [0.3, 0.4) is 0 Å². The summed E-state index contributed by atoms with van der Waals surface area (Å²) in [4.78, 5) is 2.40. The molecule has 1 aromatic heterocycles. The van der Waals surface area contributed by atoms with Gasteiger partial charge in [0.25, 0.3) is 0 Å². The van der Waals surface area contributed by atoms with Crippen LogP contribution in [0.4, 0.5) is 17.1 Å². The first-order valence-corrected chi connectivity index (χ1v) is 22.7. The van der Waals surface area contributed by atoms with Crippen LogP contribution in [0, 0.1) is 0 Å². The largest absolute Gasteiger partial charge is 0.310 e. The summed E-state index contributed by atoms with van der Waals surface area (Å²) in [5, 5.41) is 4.99. The molecule has 12 aromatic rings. The third-order valence-electron chi connectivity index (χ3n) is 13.0.